The minimum Gasteiger partial charge on any atom is -0.497 e. The first-order valence-electron chi connectivity index (χ1n) is 5.60. The van der Waals surface area contributed by atoms with E-state index in [1.165, 1.54) is 0 Å². The van der Waals surface area contributed by atoms with E-state index in [0.717, 1.165) is 27.2 Å². The molecule has 0 radical (unpaired) electrons. The summed E-state index contributed by atoms with van der Waals surface area (Å²) in [5, 5.41) is 7.03. The molecule has 0 aliphatic rings. The van der Waals surface area contributed by atoms with Crippen LogP contribution in [0.1, 0.15) is 17.0 Å². The number of nitrogens with one attached hydrogen (secondary N) is 1. The Morgan fingerprint density at radius 3 is 2.50 bits per heavy atom. The predicted octanol–water partition coefficient (Wildman–Crippen LogP) is 3.21. The molecule has 0 aliphatic carbocycles. The van der Waals surface area contributed by atoms with E-state index in [1.54, 1.807) is 7.11 Å². The van der Waals surface area contributed by atoms with E-state index in [2.05, 4.69) is 26.1 Å². The number of hydrogen-bond donors (Lipinski definition) is 1. The fraction of sp³-hybridized carbons (Fsp3) is 0.308. The van der Waals surface area contributed by atoms with Crippen LogP contribution in [0, 0.1) is 6.92 Å². The van der Waals surface area contributed by atoms with E-state index in [-0.39, 0.29) is 0 Å². The number of hydrogen-bond acceptors (Lipinski definition) is 3. The molecule has 1 aromatic carbocycles. The lowest BCUT2D eigenvalue weighted by atomic mass is 10.2. The molecule has 0 saturated carbocycles. The molecule has 0 spiro atoms. The van der Waals surface area contributed by atoms with Crippen LogP contribution in [-0.4, -0.2) is 17.3 Å². The molecule has 4 nitrogen and oxygen atoms in total. The zero-order valence-corrected chi connectivity index (χ0v) is 12.0. The van der Waals surface area contributed by atoms with Gasteiger partial charge in [-0.05, 0) is 40.5 Å². The SMILES string of the molecule is COc1ccc(COCc2[nH]nc(C)c2Br)cc1. The van der Waals surface area contributed by atoms with Crippen LogP contribution in [-0.2, 0) is 18.0 Å². The van der Waals surface area contributed by atoms with Gasteiger partial charge in [-0.3, -0.25) is 5.10 Å². The van der Waals surface area contributed by atoms with Gasteiger partial charge in [-0.25, -0.2) is 0 Å². The van der Waals surface area contributed by atoms with Crippen molar-refractivity contribution in [1.29, 1.82) is 0 Å². The molecule has 1 N–H and O–H groups in total. The molecule has 18 heavy (non-hydrogen) atoms. The number of H-pyrrole nitrogens is 1. The number of aryl methyl sites for hydroxylation is 1. The summed E-state index contributed by atoms with van der Waals surface area (Å²) in [5.41, 5.74) is 3.02. The highest BCUT2D eigenvalue weighted by Crippen LogP contribution is 2.19. The van der Waals surface area contributed by atoms with Gasteiger partial charge < -0.3 is 9.47 Å². The van der Waals surface area contributed by atoms with Crippen molar-refractivity contribution in [2.45, 2.75) is 20.1 Å². The molecular weight excluding hydrogens is 296 g/mol. The number of methoxy groups -OCH3 is 1. The number of benzene rings is 1. The smallest absolute Gasteiger partial charge is 0.118 e. The normalized spacial score (nSPS) is 10.6. The van der Waals surface area contributed by atoms with Crippen molar-refractivity contribution in [2.75, 3.05) is 7.11 Å². The molecule has 1 aromatic heterocycles. The van der Waals surface area contributed by atoms with Crippen molar-refractivity contribution >= 4 is 15.9 Å². The third-order valence-corrected chi connectivity index (χ3v) is 3.67. The highest BCUT2D eigenvalue weighted by Gasteiger charge is 2.06. The van der Waals surface area contributed by atoms with E-state index in [4.69, 9.17) is 9.47 Å². The van der Waals surface area contributed by atoms with Crippen molar-refractivity contribution in [1.82, 2.24) is 10.2 Å². The summed E-state index contributed by atoms with van der Waals surface area (Å²) in [6.07, 6.45) is 0. The van der Waals surface area contributed by atoms with Gasteiger partial charge in [0.25, 0.3) is 0 Å². The monoisotopic (exact) mass is 310 g/mol. The van der Waals surface area contributed by atoms with Crippen LogP contribution < -0.4 is 4.74 Å². The standard InChI is InChI=1S/C13H15BrN2O2/c1-9-13(14)12(16-15-9)8-18-7-10-3-5-11(17-2)6-4-10/h3-6H,7-8H2,1-2H3,(H,15,16). The van der Waals surface area contributed by atoms with Crippen LogP contribution in [0.4, 0.5) is 0 Å². The van der Waals surface area contributed by atoms with Gasteiger partial charge in [0.1, 0.15) is 5.75 Å². The minimum absolute atomic E-state index is 0.507. The predicted molar refractivity (Wildman–Crippen MR) is 72.5 cm³/mol. The molecule has 0 unspecified atom stereocenters. The maximum absolute atomic E-state index is 5.63. The summed E-state index contributed by atoms with van der Waals surface area (Å²) < 4.78 is 11.7. The summed E-state index contributed by atoms with van der Waals surface area (Å²) in [7, 11) is 1.66. The number of rotatable bonds is 5. The summed E-state index contributed by atoms with van der Waals surface area (Å²) in [6, 6.07) is 7.84. The Morgan fingerprint density at radius 2 is 1.94 bits per heavy atom. The zero-order valence-electron chi connectivity index (χ0n) is 10.4. The first-order valence-corrected chi connectivity index (χ1v) is 6.40. The Morgan fingerprint density at radius 1 is 1.22 bits per heavy atom. The van der Waals surface area contributed by atoms with Gasteiger partial charge in [0.15, 0.2) is 0 Å². The molecule has 0 bridgehead atoms. The molecule has 0 fully saturated rings. The first kappa shape index (κ1) is 13.1. The van der Waals surface area contributed by atoms with E-state index < -0.39 is 0 Å². The second-order valence-corrected chi connectivity index (χ2v) is 4.74. The molecular formula is C13H15BrN2O2. The molecule has 0 atom stereocenters. The second kappa shape index (κ2) is 6.02. The number of aromatic amines is 1. The molecule has 5 heteroatoms. The fourth-order valence-electron chi connectivity index (χ4n) is 1.56. The summed E-state index contributed by atoms with van der Waals surface area (Å²) in [6.45, 7) is 3.01. The minimum atomic E-state index is 0.507. The number of halogens is 1. The maximum atomic E-state index is 5.63. The molecule has 2 rings (SSSR count). The van der Waals surface area contributed by atoms with Crippen molar-refractivity contribution in [3.8, 4) is 5.75 Å². The van der Waals surface area contributed by atoms with Crippen LogP contribution >= 0.6 is 15.9 Å². The average molecular weight is 311 g/mol. The Bertz CT molecular complexity index is 508. The Kier molecular flexibility index (Phi) is 4.38. The van der Waals surface area contributed by atoms with Gasteiger partial charge in [-0.1, -0.05) is 12.1 Å². The quantitative estimate of drug-likeness (QED) is 0.922. The van der Waals surface area contributed by atoms with Gasteiger partial charge in [0, 0.05) is 0 Å². The van der Waals surface area contributed by atoms with Crippen LogP contribution in [0.25, 0.3) is 0 Å². The highest BCUT2D eigenvalue weighted by molar-refractivity contribution is 9.10. The summed E-state index contributed by atoms with van der Waals surface area (Å²) in [5.74, 6) is 0.852. The van der Waals surface area contributed by atoms with Crippen LogP contribution in [0.3, 0.4) is 0 Å². The molecule has 1 heterocycles. The molecule has 0 amide bonds. The van der Waals surface area contributed by atoms with Gasteiger partial charge in [0.2, 0.25) is 0 Å². The molecule has 96 valence electrons. The third-order valence-electron chi connectivity index (χ3n) is 2.62. The topological polar surface area (TPSA) is 47.1 Å². The van der Waals surface area contributed by atoms with Crippen molar-refractivity contribution < 1.29 is 9.47 Å². The van der Waals surface area contributed by atoms with Gasteiger partial charge >= 0.3 is 0 Å². The largest absolute Gasteiger partial charge is 0.497 e. The Hall–Kier alpha value is -1.33. The number of nitrogens with zero attached hydrogens (tertiary/aromatic N) is 1. The Labute approximate surface area is 114 Å². The lowest BCUT2D eigenvalue weighted by Crippen LogP contribution is -1.95. The van der Waals surface area contributed by atoms with Crippen LogP contribution in [0.15, 0.2) is 28.7 Å². The molecule has 2 aromatic rings. The Balaban J connectivity index is 1.86. The average Bonchev–Trinajstić information content (AvgIpc) is 2.71. The summed E-state index contributed by atoms with van der Waals surface area (Å²) in [4.78, 5) is 0. The fourth-order valence-corrected chi connectivity index (χ4v) is 1.85. The lowest BCUT2D eigenvalue weighted by Gasteiger charge is -2.05. The molecule has 0 saturated heterocycles. The van der Waals surface area contributed by atoms with Gasteiger partial charge in [-0.2, -0.15) is 5.10 Å². The van der Waals surface area contributed by atoms with Crippen molar-refractivity contribution in [3.05, 3.63) is 45.7 Å². The van der Waals surface area contributed by atoms with E-state index in [1.807, 2.05) is 31.2 Å². The summed E-state index contributed by atoms with van der Waals surface area (Å²) >= 11 is 3.47. The second-order valence-electron chi connectivity index (χ2n) is 3.94. The lowest BCUT2D eigenvalue weighted by molar-refractivity contribution is 0.104. The molecule has 0 aliphatic heterocycles. The van der Waals surface area contributed by atoms with Gasteiger partial charge in [0.05, 0.1) is 36.2 Å². The van der Waals surface area contributed by atoms with Crippen LogP contribution in [0.2, 0.25) is 0 Å². The number of aromatic nitrogens is 2. The first-order chi connectivity index (χ1) is 8.70. The number of ether oxygens (including phenoxy) is 2. The van der Waals surface area contributed by atoms with Crippen molar-refractivity contribution in [3.63, 3.8) is 0 Å². The van der Waals surface area contributed by atoms with Gasteiger partial charge in [-0.15, -0.1) is 0 Å². The van der Waals surface area contributed by atoms with E-state index in [0.29, 0.717) is 13.2 Å². The van der Waals surface area contributed by atoms with Crippen LogP contribution in [0.5, 0.6) is 5.75 Å². The van der Waals surface area contributed by atoms with Crippen molar-refractivity contribution in [2.24, 2.45) is 0 Å². The van der Waals surface area contributed by atoms with E-state index >= 15 is 0 Å². The third kappa shape index (κ3) is 3.11. The van der Waals surface area contributed by atoms with E-state index in [9.17, 15) is 0 Å². The zero-order chi connectivity index (χ0) is 13.0. The highest BCUT2D eigenvalue weighted by atomic mass is 79.9. The maximum Gasteiger partial charge on any atom is 0.118 e.